The summed E-state index contributed by atoms with van der Waals surface area (Å²) in [5.74, 6) is -0.321. The van der Waals surface area contributed by atoms with Crippen molar-refractivity contribution in [2.75, 3.05) is 6.54 Å². The minimum atomic E-state index is -0.532. The molecule has 5 aromatic rings. The van der Waals surface area contributed by atoms with Gasteiger partial charge in [-0.2, -0.15) is 5.10 Å². The first-order valence-corrected chi connectivity index (χ1v) is 10.7. The van der Waals surface area contributed by atoms with Gasteiger partial charge in [-0.25, -0.2) is 14.5 Å². The fourth-order valence-corrected chi connectivity index (χ4v) is 4.34. The molecule has 0 saturated carbocycles. The topological polar surface area (TPSA) is 118 Å². The zero-order valence-electron chi connectivity index (χ0n) is 17.4. The molecule has 0 bridgehead atoms. The number of hydrogen-bond acceptors (Lipinski definition) is 7. The fourth-order valence-electron chi connectivity index (χ4n) is 4.13. The van der Waals surface area contributed by atoms with Gasteiger partial charge in [0.15, 0.2) is 0 Å². The Morgan fingerprint density at radius 3 is 3.00 bits per heavy atom. The van der Waals surface area contributed by atoms with Crippen LogP contribution in [0.2, 0.25) is 5.02 Å². The first kappa shape index (κ1) is 19.6. The number of aromatic amines is 1. The molecule has 11 heteroatoms. The van der Waals surface area contributed by atoms with Crippen LogP contribution in [0, 0.1) is 6.92 Å². The van der Waals surface area contributed by atoms with Crippen LogP contribution >= 0.6 is 11.6 Å². The molecule has 1 aliphatic heterocycles. The molecule has 0 aromatic carbocycles. The number of hydrogen-bond donors (Lipinski definition) is 1. The molecule has 164 valence electrons. The van der Waals surface area contributed by atoms with Gasteiger partial charge < -0.3 is 14.3 Å². The van der Waals surface area contributed by atoms with Crippen LogP contribution in [0.3, 0.4) is 0 Å². The normalized spacial score (nSPS) is 15.7. The number of imidazole rings is 1. The average Bonchev–Trinajstić information content (AvgIpc) is 3.57. The zero-order valence-corrected chi connectivity index (χ0v) is 18.2. The second-order valence-electron chi connectivity index (χ2n) is 7.75. The maximum Gasteiger partial charge on any atom is 0.312 e. The third kappa shape index (κ3) is 3.26. The van der Waals surface area contributed by atoms with E-state index in [9.17, 15) is 4.79 Å². The number of aromatic nitrogens is 7. The predicted octanol–water partition coefficient (Wildman–Crippen LogP) is 3.25. The van der Waals surface area contributed by atoms with Crippen LogP contribution in [0.1, 0.15) is 39.5 Å². The Morgan fingerprint density at radius 1 is 1.24 bits per heavy atom. The van der Waals surface area contributed by atoms with Crippen LogP contribution in [-0.2, 0) is 6.42 Å². The van der Waals surface area contributed by atoms with E-state index in [1.165, 1.54) is 0 Å². The number of H-pyrrole nitrogens is 1. The fraction of sp³-hybridized carbons (Fsp3) is 0.182. The Labute approximate surface area is 192 Å². The van der Waals surface area contributed by atoms with E-state index in [0.29, 0.717) is 29.4 Å². The quantitative estimate of drug-likeness (QED) is 0.439. The molecule has 1 unspecified atom stereocenters. The van der Waals surface area contributed by atoms with Gasteiger partial charge in [0.25, 0.3) is 5.89 Å². The molecular weight excluding hydrogens is 444 g/mol. The molecule has 33 heavy (non-hydrogen) atoms. The van der Waals surface area contributed by atoms with Crippen LogP contribution < -0.4 is 0 Å². The van der Waals surface area contributed by atoms with Crippen LogP contribution in [0.25, 0.3) is 17.1 Å². The molecule has 10 nitrogen and oxygen atoms in total. The minimum Gasteiger partial charge on any atom is -0.411 e. The molecule has 1 atom stereocenters. The van der Waals surface area contributed by atoms with Crippen LogP contribution in [0.15, 0.2) is 53.3 Å². The number of nitrogens with zero attached hydrogens (tertiary/aromatic N) is 7. The van der Waals surface area contributed by atoms with Crippen molar-refractivity contribution in [1.82, 2.24) is 39.7 Å². The summed E-state index contributed by atoms with van der Waals surface area (Å²) in [7, 11) is 0. The van der Waals surface area contributed by atoms with E-state index < -0.39 is 11.9 Å². The molecule has 1 N–H and O–H groups in total. The van der Waals surface area contributed by atoms with E-state index >= 15 is 0 Å². The van der Waals surface area contributed by atoms with E-state index in [1.807, 2.05) is 37.4 Å². The lowest BCUT2D eigenvalue weighted by molar-refractivity contribution is 0.0646. The molecule has 5 aromatic heterocycles. The number of carbonyl (C=O) groups excluding carboxylic acids is 1. The number of amides is 1. The Hall–Kier alpha value is -4.05. The minimum absolute atomic E-state index is 0.112. The van der Waals surface area contributed by atoms with E-state index in [1.54, 1.807) is 27.9 Å². The molecular formula is C22H17ClN8O2. The highest BCUT2D eigenvalue weighted by Crippen LogP contribution is 2.35. The van der Waals surface area contributed by atoms with E-state index in [2.05, 4.69) is 30.2 Å². The van der Waals surface area contributed by atoms with Crippen LogP contribution in [-0.4, -0.2) is 52.1 Å². The molecule has 6 heterocycles. The van der Waals surface area contributed by atoms with Crippen molar-refractivity contribution in [2.24, 2.45) is 0 Å². The van der Waals surface area contributed by atoms with Crippen molar-refractivity contribution in [3.63, 3.8) is 0 Å². The Balaban J connectivity index is 1.40. The molecule has 0 spiro atoms. The van der Waals surface area contributed by atoms with Gasteiger partial charge in [0.1, 0.15) is 11.7 Å². The second-order valence-corrected chi connectivity index (χ2v) is 8.16. The first-order valence-electron chi connectivity index (χ1n) is 10.3. The Morgan fingerprint density at radius 2 is 2.15 bits per heavy atom. The van der Waals surface area contributed by atoms with Crippen molar-refractivity contribution >= 4 is 23.0 Å². The Kier molecular flexibility index (Phi) is 4.47. The highest BCUT2D eigenvalue weighted by atomic mass is 35.5. The number of halogens is 1. The number of aryl methyl sites for hydroxylation is 1. The molecule has 1 amide bonds. The summed E-state index contributed by atoms with van der Waals surface area (Å²) in [4.78, 5) is 27.2. The number of nitrogens with one attached hydrogen (secondary N) is 1. The lowest BCUT2D eigenvalue weighted by atomic mass is 9.99. The van der Waals surface area contributed by atoms with Gasteiger partial charge in [0.05, 0.1) is 28.3 Å². The van der Waals surface area contributed by atoms with Crippen molar-refractivity contribution in [1.29, 1.82) is 0 Å². The SMILES string of the molecule is Cc1cccc(-c2nnc(C(=O)N3CCc4[nH]cnc4C3c3cc4c(Cl)cccn4n3)o2)n1. The third-order valence-electron chi connectivity index (χ3n) is 5.65. The summed E-state index contributed by atoms with van der Waals surface area (Å²) in [5.41, 5.74) is 4.41. The van der Waals surface area contributed by atoms with Gasteiger partial charge in [0.2, 0.25) is 0 Å². The number of fused-ring (bicyclic) bond motifs is 2. The molecule has 0 radical (unpaired) electrons. The highest BCUT2D eigenvalue weighted by molar-refractivity contribution is 6.33. The summed E-state index contributed by atoms with van der Waals surface area (Å²) < 4.78 is 7.41. The standard InChI is InChI=1S/C22H17ClN8O2/c1-12-4-2-6-15(26-12)20-27-28-21(33-20)22(32)30-9-7-14-18(25-11-24-14)19(30)16-10-17-13(23)5-3-8-31(17)29-16/h2-6,8,10-11,19H,7,9H2,1H3,(H,24,25). The van der Waals surface area contributed by atoms with Crippen molar-refractivity contribution < 1.29 is 9.21 Å². The van der Waals surface area contributed by atoms with E-state index in [0.717, 1.165) is 22.6 Å². The molecule has 0 aliphatic carbocycles. The van der Waals surface area contributed by atoms with Crippen molar-refractivity contribution in [2.45, 2.75) is 19.4 Å². The average molecular weight is 461 g/mol. The molecule has 0 saturated heterocycles. The maximum absolute atomic E-state index is 13.5. The van der Waals surface area contributed by atoms with E-state index in [-0.39, 0.29) is 11.8 Å². The first-order chi connectivity index (χ1) is 16.1. The summed E-state index contributed by atoms with van der Waals surface area (Å²) in [6.45, 7) is 2.30. The predicted molar refractivity (Wildman–Crippen MR) is 118 cm³/mol. The van der Waals surface area contributed by atoms with Crippen LogP contribution in [0.4, 0.5) is 0 Å². The molecule has 1 aliphatic rings. The Bertz CT molecular complexity index is 1500. The van der Waals surface area contributed by atoms with Gasteiger partial charge in [-0.05, 0) is 37.3 Å². The largest absolute Gasteiger partial charge is 0.411 e. The van der Waals surface area contributed by atoms with Crippen molar-refractivity contribution in [3.05, 3.63) is 82.6 Å². The molecule has 6 rings (SSSR count). The monoisotopic (exact) mass is 460 g/mol. The smallest absolute Gasteiger partial charge is 0.312 e. The van der Waals surface area contributed by atoms with Gasteiger partial charge in [-0.15, -0.1) is 10.2 Å². The number of carbonyl (C=O) groups is 1. The summed E-state index contributed by atoms with van der Waals surface area (Å²) in [6.07, 6.45) is 4.05. The second kappa shape index (κ2) is 7.52. The van der Waals surface area contributed by atoms with Gasteiger partial charge >= 0.3 is 11.8 Å². The lowest BCUT2D eigenvalue weighted by Crippen LogP contribution is -2.41. The third-order valence-corrected chi connectivity index (χ3v) is 5.97. The lowest BCUT2D eigenvalue weighted by Gasteiger charge is -2.32. The highest BCUT2D eigenvalue weighted by Gasteiger charge is 2.38. The van der Waals surface area contributed by atoms with Gasteiger partial charge in [-0.1, -0.05) is 17.7 Å². The van der Waals surface area contributed by atoms with E-state index in [4.69, 9.17) is 16.0 Å². The summed E-state index contributed by atoms with van der Waals surface area (Å²) in [5, 5.41) is 13.3. The summed E-state index contributed by atoms with van der Waals surface area (Å²) >= 11 is 6.35. The van der Waals surface area contributed by atoms with Gasteiger partial charge in [-0.3, -0.25) is 4.79 Å². The van der Waals surface area contributed by atoms with Crippen molar-refractivity contribution in [3.8, 4) is 11.6 Å². The molecule has 0 fully saturated rings. The zero-order chi connectivity index (χ0) is 22.5. The van der Waals surface area contributed by atoms with Gasteiger partial charge in [0, 0.05) is 30.6 Å². The van der Waals surface area contributed by atoms with Crippen LogP contribution in [0.5, 0.6) is 0 Å². The maximum atomic E-state index is 13.5. The summed E-state index contributed by atoms with van der Waals surface area (Å²) in [6, 6.07) is 10.4. The number of pyridine rings is 2. The number of rotatable bonds is 3.